The van der Waals surface area contributed by atoms with Crippen LogP contribution in [0.4, 0.5) is 0 Å². The molecule has 1 aromatic carbocycles. The van der Waals surface area contributed by atoms with Crippen molar-refractivity contribution in [1.29, 1.82) is 0 Å². The largest absolute Gasteiger partial charge is 0.342 e. The Hall–Kier alpha value is -1.28. The van der Waals surface area contributed by atoms with Crippen molar-refractivity contribution in [2.45, 2.75) is 51.1 Å². The van der Waals surface area contributed by atoms with Gasteiger partial charge in [-0.25, -0.2) is 0 Å². The lowest BCUT2D eigenvalue weighted by atomic mass is 9.75. The first-order valence-corrected chi connectivity index (χ1v) is 8.75. The molecule has 1 fully saturated rings. The van der Waals surface area contributed by atoms with Crippen molar-refractivity contribution in [2.75, 3.05) is 6.54 Å². The first-order valence-electron chi connectivity index (χ1n) is 8.75. The van der Waals surface area contributed by atoms with Gasteiger partial charge in [-0.3, -0.25) is 0 Å². The van der Waals surface area contributed by atoms with Crippen molar-refractivity contribution < 1.29 is 0 Å². The smallest absolute Gasteiger partial charge is 0.0486 e. The molecule has 1 aliphatic heterocycles. The Bertz CT molecular complexity index is 678. The fraction of sp³-hybridized carbons (Fsp3) is 0.579. The minimum Gasteiger partial charge on any atom is -0.342 e. The van der Waals surface area contributed by atoms with Gasteiger partial charge in [0.15, 0.2) is 0 Å². The van der Waals surface area contributed by atoms with Crippen molar-refractivity contribution in [3.63, 3.8) is 0 Å². The highest BCUT2D eigenvalue weighted by atomic mass is 15.1. The van der Waals surface area contributed by atoms with E-state index in [9.17, 15) is 0 Å². The molecule has 21 heavy (non-hydrogen) atoms. The lowest BCUT2D eigenvalue weighted by molar-refractivity contribution is 0.245. The highest BCUT2D eigenvalue weighted by molar-refractivity contribution is 5.86. The summed E-state index contributed by atoms with van der Waals surface area (Å²) in [7, 11) is 0. The molecule has 5 rings (SSSR count). The van der Waals surface area contributed by atoms with Crippen molar-refractivity contribution in [2.24, 2.45) is 11.8 Å². The normalized spacial score (nSPS) is 29.0. The Morgan fingerprint density at radius 3 is 2.81 bits per heavy atom. The van der Waals surface area contributed by atoms with Gasteiger partial charge in [-0.05, 0) is 36.3 Å². The van der Waals surface area contributed by atoms with E-state index in [0.717, 1.165) is 24.9 Å². The molecule has 0 radical (unpaired) electrons. The summed E-state index contributed by atoms with van der Waals surface area (Å²) < 4.78 is 2.61. The predicted octanol–water partition coefficient (Wildman–Crippen LogP) is 4.04. The van der Waals surface area contributed by atoms with E-state index in [1.807, 2.05) is 0 Å². The number of nitrogens with one attached hydrogen (secondary N) is 1. The van der Waals surface area contributed by atoms with E-state index in [-0.39, 0.29) is 0 Å². The molecule has 2 aliphatic carbocycles. The maximum atomic E-state index is 3.81. The van der Waals surface area contributed by atoms with Crippen LogP contribution >= 0.6 is 0 Å². The van der Waals surface area contributed by atoms with Crippen molar-refractivity contribution in [3.05, 3.63) is 35.5 Å². The summed E-state index contributed by atoms with van der Waals surface area (Å²) in [5.41, 5.74) is 4.77. The molecule has 0 amide bonds. The Balaban J connectivity index is 1.65. The molecule has 1 aromatic heterocycles. The SMILES string of the molecule is c1ccc2c(c1)c1c3n2CCNC3CC(C2CCCC2)C1. The third kappa shape index (κ3) is 1.75. The lowest BCUT2D eigenvalue weighted by Crippen LogP contribution is -2.38. The Labute approximate surface area is 126 Å². The minimum absolute atomic E-state index is 0.612. The molecule has 1 saturated carbocycles. The summed E-state index contributed by atoms with van der Waals surface area (Å²) in [5.74, 6) is 1.90. The van der Waals surface area contributed by atoms with Crippen LogP contribution in [0.5, 0.6) is 0 Å². The zero-order chi connectivity index (χ0) is 13.8. The summed E-state index contributed by atoms with van der Waals surface area (Å²) in [6.45, 7) is 2.27. The van der Waals surface area contributed by atoms with Crippen LogP contribution in [0.25, 0.3) is 10.9 Å². The van der Waals surface area contributed by atoms with Gasteiger partial charge >= 0.3 is 0 Å². The third-order valence-electron chi connectivity index (χ3n) is 6.25. The van der Waals surface area contributed by atoms with E-state index in [1.54, 1.807) is 11.3 Å². The quantitative estimate of drug-likeness (QED) is 0.834. The number of hydrogen-bond donors (Lipinski definition) is 1. The zero-order valence-corrected chi connectivity index (χ0v) is 12.6. The zero-order valence-electron chi connectivity index (χ0n) is 12.6. The van der Waals surface area contributed by atoms with E-state index >= 15 is 0 Å². The van der Waals surface area contributed by atoms with E-state index in [0.29, 0.717) is 6.04 Å². The average Bonchev–Trinajstić information content (AvgIpc) is 3.16. The highest BCUT2D eigenvalue weighted by Gasteiger charge is 2.37. The Morgan fingerprint density at radius 1 is 1.05 bits per heavy atom. The topological polar surface area (TPSA) is 17.0 Å². The van der Waals surface area contributed by atoms with Gasteiger partial charge in [0.25, 0.3) is 0 Å². The minimum atomic E-state index is 0.612. The molecule has 2 atom stereocenters. The molecule has 2 heteroatoms. The van der Waals surface area contributed by atoms with Crippen LogP contribution in [0.2, 0.25) is 0 Å². The molecular formula is C19H24N2. The van der Waals surface area contributed by atoms with Crippen LogP contribution in [0.1, 0.15) is 49.4 Å². The second-order valence-corrected chi connectivity index (χ2v) is 7.28. The maximum Gasteiger partial charge on any atom is 0.0486 e. The molecular weight excluding hydrogens is 256 g/mol. The molecule has 3 aliphatic rings. The number of rotatable bonds is 1. The molecule has 2 unspecified atom stereocenters. The summed E-state index contributed by atoms with van der Waals surface area (Å²) >= 11 is 0. The maximum absolute atomic E-state index is 3.81. The summed E-state index contributed by atoms with van der Waals surface area (Å²) in [6, 6.07) is 9.69. The van der Waals surface area contributed by atoms with E-state index in [1.165, 1.54) is 49.4 Å². The number of fused-ring (bicyclic) bond motifs is 3. The monoisotopic (exact) mass is 280 g/mol. The van der Waals surface area contributed by atoms with Gasteiger partial charge < -0.3 is 9.88 Å². The van der Waals surface area contributed by atoms with Crippen LogP contribution in [-0.4, -0.2) is 11.1 Å². The Morgan fingerprint density at radius 2 is 1.90 bits per heavy atom. The van der Waals surface area contributed by atoms with Crippen molar-refractivity contribution in [1.82, 2.24) is 9.88 Å². The van der Waals surface area contributed by atoms with Crippen molar-refractivity contribution in [3.8, 4) is 0 Å². The standard InChI is InChI=1S/C19H24N2/c1-2-6-13(5-1)14-11-16-15-7-3-4-8-18(15)21-10-9-20-17(12-14)19(16)21/h3-4,7-8,13-14,17,20H,1-2,5-6,9-12H2. The van der Waals surface area contributed by atoms with Crippen molar-refractivity contribution >= 4 is 10.9 Å². The molecule has 0 saturated heterocycles. The second-order valence-electron chi connectivity index (χ2n) is 7.28. The van der Waals surface area contributed by atoms with Gasteiger partial charge in [-0.2, -0.15) is 0 Å². The van der Waals surface area contributed by atoms with Crippen LogP contribution < -0.4 is 5.32 Å². The van der Waals surface area contributed by atoms with Gasteiger partial charge in [0.1, 0.15) is 0 Å². The van der Waals surface area contributed by atoms with Crippen LogP contribution in [-0.2, 0) is 13.0 Å². The highest BCUT2D eigenvalue weighted by Crippen LogP contribution is 2.46. The molecule has 2 aromatic rings. The summed E-state index contributed by atoms with van der Waals surface area (Å²) in [5, 5.41) is 5.34. The second kappa shape index (κ2) is 4.61. The van der Waals surface area contributed by atoms with Gasteiger partial charge in [-0.1, -0.05) is 43.9 Å². The molecule has 2 heterocycles. The fourth-order valence-electron chi connectivity index (χ4n) is 5.33. The molecule has 110 valence electrons. The van der Waals surface area contributed by atoms with Gasteiger partial charge in [0.05, 0.1) is 0 Å². The van der Waals surface area contributed by atoms with Gasteiger partial charge in [0.2, 0.25) is 0 Å². The van der Waals surface area contributed by atoms with E-state index in [4.69, 9.17) is 0 Å². The number of aromatic nitrogens is 1. The fourth-order valence-corrected chi connectivity index (χ4v) is 5.33. The molecule has 1 N–H and O–H groups in total. The molecule has 0 bridgehead atoms. The van der Waals surface area contributed by atoms with Gasteiger partial charge in [0, 0.05) is 35.7 Å². The number of hydrogen-bond acceptors (Lipinski definition) is 1. The summed E-state index contributed by atoms with van der Waals surface area (Å²) in [4.78, 5) is 0. The molecule has 2 nitrogen and oxygen atoms in total. The number of benzene rings is 1. The first-order chi connectivity index (χ1) is 10.4. The van der Waals surface area contributed by atoms with Crippen LogP contribution in [0, 0.1) is 11.8 Å². The molecule has 0 spiro atoms. The third-order valence-corrected chi connectivity index (χ3v) is 6.25. The number of nitrogens with zero attached hydrogens (tertiary/aromatic N) is 1. The average molecular weight is 280 g/mol. The van der Waals surface area contributed by atoms with E-state index < -0.39 is 0 Å². The predicted molar refractivity (Wildman–Crippen MR) is 86.5 cm³/mol. The Kier molecular flexibility index (Phi) is 2.69. The van der Waals surface area contributed by atoms with Gasteiger partial charge in [-0.15, -0.1) is 0 Å². The first kappa shape index (κ1) is 12.3. The van der Waals surface area contributed by atoms with Crippen LogP contribution in [0.15, 0.2) is 24.3 Å². The van der Waals surface area contributed by atoms with E-state index in [2.05, 4.69) is 34.1 Å². The number of para-hydroxylation sites is 1. The van der Waals surface area contributed by atoms with Crippen LogP contribution in [0.3, 0.4) is 0 Å². The summed E-state index contributed by atoms with van der Waals surface area (Å²) in [6.07, 6.45) is 8.58. The lowest BCUT2D eigenvalue weighted by Gasteiger charge is -2.37.